The molecule has 2 aromatic heterocycles. The van der Waals surface area contributed by atoms with E-state index in [0.29, 0.717) is 10.8 Å². The van der Waals surface area contributed by atoms with Gasteiger partial charge in [0.05, 0.1) is 17.5 Å². The predicted molar refractivity (Wildman–Crippen MR) is 100 cm³/mol. The molecule has 1 N–H and O–H groups in total. The summed E-state index contributed by atoms with van der Waals surface area (Å²) in [6, 6.07) is 5.67. The Labute approximate surface area is 149 Å². The molecule has 0 amide bonds. The van der Waals surface area contributed by atoms with Crippen molar-refractivity contribution in [1.82, 2.24) is 9.97 Å². The van der Waals surface area contributed by atoms with Crippen molar-refractivity contribution in [3.05, 3.63) is 39.5 Å². The smallest absolute Gasteiger partial charge is 0.143 e. The van der Waals surface area contributed by atoms with Crippen LogP contribution in [0, 0.1) is 6.92 Å². The first kappa shape index (κ1) is 15.7. The van der Waals surface area contributed by atoms with Gasteiger partial charge in [-0.25, -0.2) is 9.97 Å². The molecule has 0 fully saturated rings. The topological polar surface area (TPSA) is 47.0 Å². The molecule has 0 saturated heterocycles. The summed E-state index contributed by atoms with van der Waals surface area (Å²) in [4.78, 5) is 11.9. The van der Waals surface area contributed by atoms with Gasteiger partial charge in [0.2, 0.25) is 0 Å². The van der Waals surface area contributed by atoms with E-state index in [9.17, 15) is 0 Å². The number of fused-ring (bicyclic) bond motifs is 3. The molecule has 4 nitrogen and oxygen atoms in total. The highest BCUT2D eigenvalue weighted by atomic mass is 35.5. The van der Waals surface area contributed by atoms with Crippen molar-refractivity contribution in [3.63, 3.8) is 0 Å². The number of hydrogen-bond donors (Lipinski definition) is 1. The van der Waals surface area contributed by atoms with E-state index in [1.165, 1.54) is 28.7 Å². The number of hydrogen-bond acceptors (Lipinski definition) is 5. The zero-order valence-corrected chi connectivity index (χ0v) is 15.2. The third-order valence-corrected chi connectivity index (χ3v) is 5.82. The lowest BCUT2D eigenvalue weighted by Gasteiger charge is -2.13. The summed E-state index contributed by atoms with van der Waals surface area (Å²) in [6.45, 7) is 1.93. The van der Waals surface area contributed by atoms with Gasteiger partial charge in [0.15, 0.2) is 0 Å². The number of aromatic nitrogens is 2. The molecule has 3 aromatic rings. The highest BCUT2D eigenvalue weighted by Crippen LogP contribution is 2.39. The number of nitrogens with one attached hydrogen (secondary N) is 1. The van der Waals surface area contributed by atoms with Crippen molar-refractivity contribution in [2.75, 3.05) is 12.4 Å². The van der Waals surface area contributed by atoms with Gasteiger partial charge in [0, 0.05) is 10.6 Å². The Morgan fingerprint density at radius 3 is 2.83 bits per heavy atom. The summed E-state index contributed by atoms with van der Waals surface area (Å²) in [7, 11) is 1.61. The summed E-state index contributed by atoms with van der Waals surface area (Å²) < 4.78 is 5.22. The van der Waals surface area contributed by atoms with Crippen LogP contribution in [0.2, 0.25) is 5.02 Å². The largest absolute Gasteiger partial charge is 0.495 e. The van der Waals surface area contributed by atoms with Gasteiger partial charge in [-0.3, -0.25) is 0 Å². The van der Waals surface area contributed by atoms with Crippen molar-refractivity contribution in [3.8, 4) is 5.75 Å². The van der Waals surface area contributed by atoms with E-state index in [-0.39, 0.29) is 0 Å². The molecule has 0 bridgehead atoms. The minimum absolute atomic E-state index is 0.580. The second-order valence-electron chi connectivity index (χ2n) is 5.98. The van der Waals surface area contributed by atoms with E-state index in [1.54, 1.807) is 7.11 Å². The minimum Gasteiger partial charge on any atom is -0.495 e. The molecule has 2 heterocycles. The number of aryl methyl sites for hydroxylation is 3. The first-order valence-electron chi connectivity index (χ1n) is 8.05. The third kappa shape index (κ3) is 2.72. The Morgan fingerprint density at radius 2 is 2.04 bits per heavy atom. The molecule has 1 aromatic carbocycles. The summed E-state index contributed by atoms with van der Waals surface area (Å²) in [6.07, 6.45) is 4.77. The fourth-order valence-electron chi connectivity index (χ4n) is 3.24. The van der Waals surface area contributed by atoms with E-state index < -0.39 is 0 Å². The maximum Gasteiger partial charge on any atom is 0.143 e. The van der Waals surface area contributed by atoms with E-state index >= 15 is 0 Å². The zero-order chi connectivity index (χ0) is 16.7. The lowest BCUT2D eigenvalue weighted by atomic mass is 9.97. The fraction of sp³-hybridized carbons (Fsp3) is 0.333. The van der Waals surface area contributed by atoms with Gasteiger partial charge in [-0.2, -0.15) is 0 Å². The van der Waals surface area contributed by atoms with Crippen LogP contribution in [0.15, 0.2) is 18.2 Å². The standard InChI is InChI=1S/C18H18ClN3OS/c1-10-20-17(22-11-7-8-14(23-2)13(19)9-11)16-12-5-3-4-6-15(12)24-18(16)21-10/h7-9H,3-6H2,1-2H3,(H,20,21,22). The summed E-state index contributed by atoms with van der Waals surface area (Å²) in [5.41, 5.74) is 2.32. The third-order valence-electron chi connectivity index (χ3n) is 4.34. The van der Waals surface area contributed by atoms with Gasteiger partial charge in [-0.1, -0.05) is 11.6 Å². The molecular weight excluding hydrogens is 342 g/mol. The number of benzene rings is 1. The van der Waals surface area contributed by atoms with E-state index in [4.69, 9.17) is 16.3 Å². The molecule has 0 unspecified atom stereocenters. The van der Waals surface area contributed by atoms with Gasteiger partial charge >= 0.3 is 0 Å². The zero-order valence-electron chi connectivity index (χ0n) is 13.6. The molecule has 1 aliphatic rings. The van der Waals surface area contributed by atoms with Crippen molar-refractivity contribution in [2.24, 2.45) is 0 Å². The number of nitrogens with zero attached hydrogens (tertiary/aromatic N) is 2. The predicted octanol–water partition coefficient (Wildman–Crippen LogP) is 5.28. The quantitative estimate of drug-likeness (QED) is 0.690. The normalized spacial score (nSPS) is 13.8. The summed E-state index contributed by atoms with van der Waals surface area (Å²) in [5.74, 6) is 2.32. The van der Waals surface area contributed by atoms with Crippen LogP contribution in [-0.2, 0) is 12.8 Å². The summed E-state index contributed by atoms with van der Waals surface area (Å²) in [5, 5.41) is 5.19. The molecule has 0 radical (unpaired) electrons. The molecule has 0 spiro atoms. The minimum atomic E-state index is 0.580. The first-order chi connectivity index (χ1) is 11.7. The number of rotatable bonds is 3. The Morgan fingerprint density at radius 1 is 1.21 bits per heavy atom. The monoisotopic (exact) mass is 359 g/mol. The van der Waals surface area contributed by atoms with E-state index in [2.05, 4.69) is 15.3 Å². The Balaban J connectivity index is 1.81. The van der Waals surface area contributed by atoms with Gasteiger partial charge in [-0.15, -0.1) is 11.3 Å². The maximum absolute atomic E-state index is 6.24. The average Bonchev–Trinajstić information content (AvgIpc) is 2.93. The van der Waals surface area contributed by atoms with Crippen LogP contribution in [0.1, 0.15) is 29.1 Å². The van der Waals surface area contributed by atoms with Crippen molar-refractivity contribution in [2.45, 2.75) is 32.6 Å². The molecule has 24 heavy (non-hydrogen) atoms. The van der Waals surface area contributed by atoms with Crippen LogP contribution in [0.5, 0.6) is 5.75 Å². The number of methoxy groups -OCH3 is 1. The first-order valence-corrected chi connectivity index (χ1v) is 9.24. The highest BCUT2D eigenvalue weighted by molar-refractivity contribution is 7.19. The number of halogens is 1. The molecule has 0 aliphatic heterocycles. The van der Waals surface area contributed by atoms with Gasteiger partial charge in [0.1, 0.15) is 22.2 Å². The van der Waals surface area contributed by atoms with Crippen LogP contribution >= 0.6 is 22.9 Å². The lowest BCUT2D eigenvalue weighted by Crippen LogP contribution is -2.02. The van der Waals surface area contributed by atoms with Crippen LogP contribution in [0.25, 0.3) is 10.2 Å². The average molecular weight is 360 g/mol. The van der Waals surface area contributed by atoms with Crippen LogP contribution in [0.4, 0.5) is 11.5 Å². The van der Waals surface area contributed by atoms with Gasteiger partial charge in [-0.05, 0) is 56.4 Å². The molecule has 0 atom stereocenters. The van der Waals surface area contributed by atoms with E-state index in [1.807, 2.05) is 36.5 Å². The molecule has 1 aliphatic carbocycles. The maximum atomic E-state index is 6.24. The van der Waals surface area contributed by atoms with Crippen molar-refractivity contribution >= 4 is 44.7 Å². The van der Waals surface area contributed by atoms with Crippen LogP contribution < -0.4 is 10.1 Å². The Hall–Kier alpha value is -1.85. The molecule has 6 heteroatoms. The second-order valence-corrected chi connectivity index (χ2v) is 7.48. The number of anilines is 2. The van der Waals surface area contributed by atoms with Crippen molar-refractivity contribution in [1.29, 1.82) is 0 Å². The van der Waals surface area contributed by atoms with Crippen LogP contribution in [0.3, 0.4) is 0 Å². The van der Waals surface area contributed by atoms with Gasteiger partial charge < -0.3 is 10.1 Å². The fourth-order valence-corrected chi connectivity index (χ4v) is 4.80. The molecule has 124 valence electrons. The second kappa shape index (κ2) is 6.22. The van der Waals surface area contributed by atoms with E-state index in [0.717, 1.165) is 35.0 Å². The lowest BCUT2D eigenvalue weighted by molar-refractivity contribution is 0.415. The number of ether oxygens (including phenoxy) is 1. The summed E-state index contributed by atoms with van der Waals surface area (Å²) >= 11 is 8.05. The highest BCUT2D eigenvalue weighted by Gasteiger charge is 2.20. The number of thiophene rings is 1. The molecule has 4 rings (SSSR count). The van der Waals surface area contributed by atoms with Gasteiger partial charge in [0.25, 0.3) is 0 Å². The Bertz CT molecular complexity index is 922. The molecular formula is C18H18ClN3OS. The van der Waals surface area contributed by atoms with Crippen LogP contribution in [-0.4, -0.2) is 17.1 Å². The van der Waals surface area contributed by atoms with Crippen molar-refractivity contribution < 1.29 is 4.74 Å². The molecule has 0 saturated carbocycles. The Kier molecular flexibility index (Phi) is 4.06. The SMILES string of the molecule is COc1ccc(Nc2nc(C)nc3sc4c(c23)CCCC4)cc1Cl.